The summed E-state index contributed by atoms with van der Waals surface area (Å²) < 4.78 is 12.1. The molecule has 34 heavy (non-hydrogen) atoms. The highest BCUT2D eigenvalue weighted by Gasteiger charge is 2.50. The smallest absolute Gasteiger partial charge is 0.341 e. The standard InChI is InChI=1S/C28H33N3O3/c1-6-30(7-2)21-12-10-20(11-13-21)28(24-16-17-29-19-23(24)27(32)34-28)25-15-14-22(18-26(25)33-5)31(8-3)9-4/h10-19H,6-9H2,1-5H3. The van der Waals surface area contributed by atoms with Gasteiger partial charge in [0.2, 0.25) is 0 Å². The van der Waals surface area contributed by atoms with Crippen molar-refractivity contribution in [2.45, 2.75) is 33.3 Å². The van der Waals surface area contributed by atoms with Gasteiger partial charge in [-0.25, -0.2) is 4.79 Å². The number of pyridine rings is 1. The molecule has 0 amide bonds. The van der Waals surface area contributed by atoms with Gasteiger partial charge in [-0.3, -0.25) is 4.98 Å². The Labute approximate surface area is 202 Å². The Morgan fingerprint density at radius 3 is 2.09 bits per heavy atom. The van der Waals surface area contributed by atoms with Crippen molar-refractivity contribution in [1.82, 2.24) is 4.98 Å². The lowest BCUT2D eigenvalue weighted by atomic mass is 9.79. The first kappa shape index (κ1) is 23.6. The highest BCUT2D eigenvalue weighted by molar-refractivity contribution is 5.96. The molecule has 0 spiro atoms. The lowest BCUT2D eigenvalue weighted by Crippen LogP contribution is -2.31. The first-order valence-corrected chi connectivity index (χ1v) is 12.0. The number of cyclic esters (lactones) is 1. The number of carbonyl (C=O) groups is 1. The van der Waals surface area contributed by atoms with E-state index < -0.39 is 5.60 Å². The Balaban J connectivity index is 1.94. The summed E-state index contributed by atoms with van der Waals surface area (Å²) in [7, 11) is 1.66. The maximum atomic E-state index is 13.0. The van der Waals surface area contributed by atoms with Crippen molar-refractivity contribution in [1.29, 1.82) is 0 Å². The molecule has 0 radical (unpaired) electrons. The van der Waals surface area contributed by atoms with Crippen LogP contribution in [0.4, 0.5) is 11.4 Å². The topological polar surface area (TPSA) is 54.9 Å². The third-order valence-electron chi connectivity index (χ3n) is 6.76. The van der Waals surface area contributed by atoms with Gasteiger partial charge in [0.15, 0.2) is 5.60 Å². The molecule has 1 atom stereocenters. The van der Waals surface area contributed by atoms with Crippen molar-refractivity contribution in [2.24, 2.45) is 0 Å². The Hall–Kier alpha value is -3.54. The third-order valence-corrected chi connectivity index (χ3v) is 6.76. The fraction of sp³-hybridized carbons (Fsp3) is 0.357. The van der Waals surface area contributed by atoms with Crippen molar-refractivity contribution in [2.75, 3.05) is 43.1 Å². The summed E-state index contributed by atoms with van der Waals surface area (Å²) in [5.74, 6) is 0.292. The van der Waals surface area contributed by atoms with Gasteiger partial charge in [0.25, 0.3) is 0 Å². The second-order valence-electron chi connectivity index (χ2n) is 8.27. The number of hydrogen-bond acceptors (Lipinski definition) is 6. The summed E-state index contributed by atoms with van der Waals surface area (Å²) in [6, 6.07) is 16.3. The molecule has 3 aromatic rings. The Morgan fingerprint density at radius 2 is 1.47 bits per heavy atom. The van der Waals surface area contributed by atoms with Gasteiger partial charge in [-0.1, -0.05) is 12.1 Å². The van der Waals surface area contributed by atoms with Crippen LogP contribution in [0.25, 0.3) is 0 Å². The van der Waals surface area contributed by atoms with Gasteiger partial charge in [0.05, 0.1) is 12.7 Å². The SMILES string of the molecule is CCN(CC)c1ccc(C2(c3ccc(N(CC)CC)cc3OC)OC(=O)c3cnccc32)cc1. The second kappa shape index (κ2) is 9.75. The molecule has 1 aliphatic heterocycles. The first-order chi connectivity index (χ1) is 16.5. The van der Waals surface area contributed by atoms with Crippen LogP contribution >= 0.6 is 0 Å². The Morgan fingerprint density at radius 1 is 0.853 bits per heavy atom. The van der Waals surface area contributed by atoms with Gasteiger partial charge in [-0.05, 0) is 58.0 Å². The highest BCUT2D eigenvalue weighted by Crippen LogP contribution is 2.50. The van der Waals surface area contributed by atoms with E-state index in [0.717, 1.165) is 54.2 Å². The number of ether oxygens (including phenoxy) is 2. The molecule has 6 nitrogen and oxygen atoms in total. The minimum absolute atomic E-state index is 0.384. The molecule has 0 aliphatic carbocycles. The molecule has 2 aromatic carbocycles. The van der Waals surface area contributed by atoms with Gasteiger partial charge >= 0.3 is 5.97 Å². The van der Waals surface area contributed by atoms with E-state index in [9.17, 15) is 4.79 Å². The van der Waals surface area contributed by atoms with Crippen LogP contribution in [0, 0.1) is 0 Å². The van der Waals surface area contributed by atoms with Gasteiger partial charge in [0, 0.05) is 72.7 Å². The maximum absolute atomic E-state index is 13.0. The molecule has 0 fully saturated rings. The zero-order valence-electron chi connectivity index (χ0n) is 20.7. The number of fused-ring (bicyclic) bond motifs is 1. The van der Waals surface area contributed by atoms with E-state index in [1.807, 2.05) is 30.3 Å². The van der Waals surface area contributed by atoms with Crippen LogP contribution in [0.3, 0.4) is 0 Å². The summed E-state index contributed by atoms with van der Waals surface area (Å²) in [5, 5.41) is 0. The monoisotopic (exact) mass is 459 g/mol. The molecule has 0 saturated carbocycles. The number of nitrogens with zero attached hydrogens (tertiary/aromatic N) is 3. The summed E-state index contributed by atoms with van der Waals surface area (Å²) in [6.07, 6.45) is 3.29. The molecule has 6 heteroatoms. The molecule has 178 valence electrons. The van der Waals surface area contributed by atoms with E-state index in [2.05, 4.69) is 60.7 Å². The summed E-state index contributed by atoms with van der Waals surface area (Å²) in [4.78, 5) is 21.8. The summed E-state index contributed by atoms with van der Waals surface area (Å²) in [5.41, 5.74) is 3.99. The van der Waals surface area contributed by atoms with Crippen molar-refractivity contribution in [3.63, 3.8) is 0 Å². The number of methoxy groups -OCH3 is 1. The van der Waals surface area contributed by atoms with Crippen molar-refractivity contribution in [3.05, 3.63) is 83.2 Å². The highest BCUT2D eigenvalue weighted by atomic mass is 16.6. The predicted octanol–water partition coefficient (Wildman–Crippen LogP) is 5.24. The predicted molar refractivity (Wildman–Crippen MR) is 136 cm³/mol. The van der Waals surface area contributed by atoms with Gasteiger partial charge < -0.3 is 19.3 Å². The van der Waals surface area contributed by atoms with Gasteiger partial charge in [-0.2, -0.15) is 0 Å². The molecular formula is C28H33N3O3. The maximum Gasteiger partial charge on any atom is 0.341 e. The molecule has 1 unspecified atom stereocenters. The normalized spacial score (nSPS) is 16.7. The molecule has 1 aliphatic rings. The molecular weight excluding hydrogens is 426 g/mol. The zero-order chi connectivity index (χ0) is 24.3. The molecule has 0 saturated heterocycles. The molecule has 0 bridgehead atoms. The van der Waals surface area contributed by atoms with Crippen LogP contribution in [-0.2, 0) is 10.3 Å². The van der Waals surface area contributed by atoms with E-state index >= 15 is 0 Å². The average Bonchev–Trinajstić information content (AvgIpc) is 3.19. The molecule has 2 heterocycles. The van der Waals surface area contributed by atoms with E-state index in [-0.39, 0.29) is 5.97 Å². The third kappa shape index (κ3) is 3.77. The number of esters is 1. The van der Waals surface area contributed by atoms with Gasteiger partial charge in [-0.15, -0.1) is 0 Å². The molecule has 1 aromatic heterocycles. The molecule has 0 N–H and O–H groups in total. The quantitative estimate of drug-likeness (QED) is 0.408. The zero-order valence-corrected chi connectivity index (χ0v) is 20.7. The summed E-state index contributed by atoms with van der Waals surface area (Å²) in [6.45, 7) is 12.2. The first-order valence-electron chi connectivity index (χ1n) is 12.0. The average molecular weight is 460 g/mol. The fourth-order valence-corrected chi connectivity index (χ4v) is 4.94. The molecule has 4 rings (SSSR count). The van der Waals surface area contributed by atoms with E-state index in [1.165, 1.54) is 0 Å². The lowest BCUT2D eigenvalue weighted by Gasteiger charge is -2.33. The van der Waals surface area contributed by atoms with Crippen molar-refractivity contribution < 1.29 is 14.3 Å². The number of rotatable bonds is 9. The van der Waals surface area contributed by atoms with Crippen LogP contribution in [-0.4, -0.2) is 44.2 Å². The Kier molecular flexibility index (Phi) is 6.77. The number of anilines is 2. The minimum Gasteiger partial charge on any atom is -0.496 e. The minimum atomic E-state index is -1.12. The largest absolute Gasteiger partial charge is 0.496 e. The fourth-order valence-electron chi connectivity index (χ4n) is 4.94. The number of hydrogen-bond donors (Lipinski definition) is 0. The number of aromatic nitrogens is 1. The van der Waals surface area contributed by atoms with Crippen LogP contribution in [0.2, 0.25) is 0 Å². The van der Waals surface area contributed by atoms with E-state index in [4.69, 9.17) is 9.47 Å². The van der Waals surface area contributed by atoms with E-state index in [0.29, 0.717) is 11.3 Å². The van der Waals surface area contributed by atoms with E-state index in [1.54, 1.807) is 19.5 Å². The van der Waals surface area contributed by atoms with Crippen LogP contribution in [0.1, 0.15) is 54.7 Å². The van der Waals surface area contributed by atoms with Crippen molar-refractivity contribution >= 4 is 17.3 Å². The van der Waals surface area contributed by atoms with Crippen LogP contribution in [0.15, 0.2) is 60.9 Å². The Bertz CT molecular complexity index is 1150. The lowest BCUT2D eigenvalue weighted by molar-refractivity contribution is 0.0245. The summed E-state index contributed by atoms with van der Waals surface area (Å²) >= 11 is 0. The van der Waals surface area contributed by atoms with Crippen LogP contribution < -0.4 is 14.5 Å². The number of benzene rings is 2. The number of carbonyl (C=O) groups excluding carboxylic acids is 1. The van der Waals surface area contributed by atoms with Gasteiger partial charge in [0.1, 0.15) is 5.75 Å². The second-order valence-corrected chi connectivity index (χ2v) is 8.27. The van der Waals surface area contributed by atoms with Crippen LogP contribution in [0.5, 0.6) is 5.75 Å². The van der Waals surface area contributed by atoms with Crippen molar-refractivity contribution in [3.8, 4) is 5.75 Å².